The van der Waals surface area contributed by atoms with Crippen molar-refractivity contribution in [2.24, 2.45) is 0 Å². The molecule has 21 heteroatoms. The van der Waals surface area contributed by atoms with Gasteiger partial charge in [-0.2, -0.15) is 0 Å². The summed E-state index contributed by atoms with van der Waals surface area (Å²) in [7, 11) is 8.09. The zero-order valence-corrected chi connectivity index (χ0v) is 26.2. The third-order valence-corrected chi connectivity index (χ3v) is 5.55. The van der Waals surface area contributed by atoms with Crippen LogP contribution in [0.2, 0.25) is 0 Å². The van der Waals surface area contributed by atoms with Crippen molar-refractivity contribution in [3.63, 3.8) is 0 Å². The minimum absolute atomic E-state index is 0. The van der Waals surface area contributed by atoms with Crippen LogP contribution >= 0.6 is 0 Å². The Bertz CT molecular complexity index is 1470. The first-order valence-electron chi connectivity index (χ1n) is 13.0. The van der Waals surface area contributed by atoms with Crippen molar-refractivity contribution in [1.29, 1.82) is 0 Å². The number of nitrogens with zero attached hydrogens (tertiary/aromatic N) is 6. The first kappa shape index (κ1) is 41.8. The molecule has 4 aromatic rings. The maximum absolute atomic E-state index is 10.4. The van der Waals surface area contributed by atoms with E-state index in [9.17, 15) is 60.3 Å². The zero-order chi connectivity index (χ0) is 36.6. The van der Waals surface area contributed by atoms with Crippen LogP contribution in [0.4, 0.5) is 34.1 Å². The fourth-order valence-corrected chi connectivity index (χ4v) is 3.20. The standard InChI is InChI=1S/2C7H4N2O6.2C7H10N2.H2O/c2*10-7(11)4-1-5(8(12)13)3-6(2-4)9(14)15;2*1-9(2)7-3-5-8-6-4-7;/h2*1-3H,(H,10,11);2*3-6H,1-2H3;1H2. The Hall–Kier alpha value is -7.16. The number of hydrogen-bond donors (Lipinski definition) is 0. The maximum atomic E-state index is 10.4. The predicted octanol–water partition coefficient (Wildman–Crippen LogP) is 0.0417. The molecule has 0 bridgehead atoms. The third-order valence-electron chi connectivity index (χ3n) is 5.55. The lowest BCUT2D eigenvalue weighted by Gasteiger charge is -2.08. The molecule has 0 amide bonds. The molecule has 0 unspecified atom stereocenters. The number of aromatic nitrogens is 2. The van der Waals surface area contributed by atoms with Crippen molar-refractivity contribution in [2.45, 2.75) is 0 Å². The number of H-pyrrole nitrogens is 2. The number of hydrogen-bond acceptors (Lipinski definition) is 14. The summed E-state index contributed by atoms with van der Waals surface area (Å²) in [4.78, 5) is 68.4. The molecule has 0 saturated carbocycles. The third kappa shape index (κ3) is 14.7. The van der Waals surface area contributed by atoms with Gasteiger partial charge in [0.15, 0.2) is 24.8 Å². The van der Waals surface area contributed by atoms with Crippen LogP contribution < -0.4 is 30.0 Å². The summed E-state index contributed by atoms with van der Waals surface area (Å²) in [5.74, 6) is -3.41. The molecule has 0 saturated heterocycles. The van der Waals surface area contributed by atoms with Gasteiger partial charge in [-0.15, -0.1) is 0 Å². The van der Waals surface area contributed by atoms with Crippen molar-refractivity contribution in [3.8, 4) is 0 Å². The van der Waals surface area contributed by atoms with Gasteiger partial charge in [-0.25, -0.2) is 9.97 Å². The fraction of sp³-hybridized carbons (Fsp3) is 0.143. The van der Waals surface area contributed by atoms with Gasteiger partial charge in [-0.05, 0) is 0 Å². The monoisotopic (exact) mass is 686 g/mol. The van der Waals surface area contributed by atoms with Crippen LogP contribution in [-0.2, 0) is 0 Å². The first-order chi connectivity index (χ1) is 22.4. The largest absolute Gasteiger partial charge is 0.545 e. The Morgan fingerprint density at radius 3 is 0.878 bits per heavy atom. The average Bonchev–Trinajstić information content (AvgIpc) is 3.05. The highest BCUT2D eigenvalue weighted by molar-refractivity contribution is 5.88. The SMILES string of the molecule is CN(C)c1cc[nH+]cc1.CN(C)c1cc[nH+]cc1.O.O=C([O-])c1cc([N+](=O)[O-])cc([N+](=O)[O-])c1.O=C([O-])c1cc([N+](=O)[O-])cc([N+](=O)[O-])c1. The summed E-state index contributed by atoms with van der Waals surface area (Å²) < 4.78 is 0. The molecule has 0 atom stereocenters. The summed E-state index contributed by atoms with van der Waals surface area (Å²) in [5.41, 5.74) is -1.42. The van der Waals surface area contributed by atoms with Crippen LogP contribution in [0, 0.1) is 40.5 Å². The van der Waals surface area contributed by atoms with Gasteiger partial charge in [0, 0.05) is 99.2 Å². The van der Waals surface area contributed by atoms with E-state index < -0.39 is 65.5 Å². The lowest BCUT2D eigenvalue weighted by Crippen LogP contribution is -2.22. The van der Waals surface area contributed by atoms with Crippen LogP contribution in [0.3, 0.4) is 0 Å². The maximum Gasteiger partial charge on any atom is 0.276 e. The molecule has 2 heterocycles. The number of aromatic carboxylic acids is 2. The fourth-order valence-electron chi connectivity index (χ4n) is 3.20. The Labute approximate surface area is 276 Å². The van der Waals surface area contributed by atoms with E-state index in [0.717, 1.165) is 0 Å². The number of nitro benzene ring substituents is 4. The minimum Gasteiger partial charge on any atom is -0.545 e. The van der Waals surface area contributed by atoms with Gasteiger partial charge in [0.1, 0.15) is 0 Å². The number of carboxylic acids is 2. The second-order valence-electron chi connectivity index (χ2n) is 9.38. The normalized spacial score (nSPS) is 9.22. The number of rotatable bonds is 8. The van der Waals surface area contributed by atoms with Gasteiger partial charge >= 0.3 is 0 Å². The number of nitrogens with one attached hydrogen (secondary N) is 2. The molecule has 2 aromatic carbocycles. The molecule has 21 nitrogen and oxygen atoms in total. The van der Waals surface area contributed by atoms with Crippen LogP contribution in [0.5, 0.6) is 0 Å². The summed E-state index contributed by atoms with van der Waals surface area (Å²) in [6.07, 6.45) is 7.65. The Morgan fingerprint density at radius 1 is 0.510 bits per heavy atom. The Morgan fingerprint density at radius 2 is 0.735 bits per heavy atom. The second kappa shape index (κ2) is 20.1. The summed E-state index contributed by atoms with van der Waals surface area (Å²) in [5, 5.41) is 62.1. The molecule has 0 radical (unpaired) electrons. The van der Waals surface area contributed by atoms with Crippen LogP contribution in [-0.4, -0.2) is 65.3 Å². The number of non-ortho nitro benzene ring substituents is 4. The lowest BCUT2D eigenvalue weighted by atomic mass is 10.2. The van der Waals surface area contributed by atoms with E-state index in [-0.39, 0.29) is 5.48 Å². The molecule has 0 fully saturated rings. The van der Waals surface area contributed by atoms with Crippen molar-refractivity contribution < 1.29 is 54.9 Å². The molecule has 0 aliphatic carbocycles. The van der Waals surface area contributed by atoms with Gasteiger partial charge in [0.25, 0.3) is 22.7 Å². The molecule has 4 N–H and O–H groups in total. The molecule has 4 rings (SSSR count). The van der Waals surface area contributed by atoms with E-state index in [2.05, 4.69) is 19.8 Å². The molecule has 0 aliphatic heterocycles. The van der Waals surface area contributed by atoms with Gasteiger partial charge in [-0.3, -0.25) is 40.5 Å². The molecule has 260 valence electrons. The Kier molecular flexibility index (Phi) is 17.1. The van der Waals surface area contributed by atoms with Crippen molar-refractivity contribution in [1.82, 2.24) is 0 Å². The number of nitro groups is 4. The topological polar surface area (TPSA) is 319 Å². The van der Waals surface area contributed by atoms with Crippen molar-refractivity contribution >= 4 is 46.1 Å². The molecule has 0 spiro atoms. The van der Waals surface area contributed by atoms with Crippen molar-refractivity contribution in [3.05, 3.63) is 137 Å². The molecule has 2 aromatic heterocycles. The number of pyridine rings is 2. The predicted molar refractivity (Wildman–Crippen MR) is 166 cm³/mol. The van der Waals surface area contributed by atoms with E-state index in [0.29, 0.717) is 36.4 Å². The quantitative estimate of drug-likeness (QED) is 0.174. The number of carbonyl (C=O) groups excluding carboxylic acids is 2. The van der Waals surface area contributed by atoms with Gasteiger partial charge in [0.05, 0.1) is 43.8 Å². The van der Waals surface area contributed by atoms with E-state index in [1.807, 2.05) is 77.2 Å². The summed E-state index contributed by atoms with van der Waals surface area (Å²) in [6.45, 7) is 0. The molecular weight excluding hydrogens is 656 g/mol. The molecule has 0 aliphatic rings. The highest BCUT2D eigenvalue weighted by Crippen LogP contribution is 2.23. The van der Waals surface area contributed by atoms with Crippen molar-refractivity contribution in [2.75, 3.05) is 38.0 Å². The number of benzene rings is 2. The van der Waals surface area contributed by atoms with Crippen LogP contribution in [0.25, 0.3) is 0 Å². The van der Waals surface area contributed by atoms with Crippen LogP contribution in [0.1, 0.15) is 20.7 Å². The van der Waals surface area contributed by atoms with E-state index in [4.69, 9.17) is 0 Å². The minimum atomic E-state index is -1.71. The highest BCUT2D eigenvalue weighted by atomic mass is 16.6. The lowest BCUT2D eigenvalue weighted by molar-refractivity contribution is -0.394. The van der Waals surface area contributed by atoms with E-state index in [1.54, 1.807) is 0 Å². The smallest absolute Gasteiger partial charge is 0.276 e. The second-order valence-corrected chi connectivity index (χ2v) is 9.38. The van der Waals surface area contributed by atoms with Gasteiger partial charge in [-0.1, -0.05) is 0 Å². The molecular formula is C28H30N8O13. The first-order valence-corrected chi connectivity index (χ1v) is 13.0. The number of carboxylic acid groups (broad SMARTS) is 2. The number of carbonyl (C=O) groups is 2. The number of aromatic amines is 2. The van der Waals surface area contributed by atoms with E-state index >= 15 is 0 Å². The summed E-state index contributed by atoms with van der Waals surface area (Å²) >= 11 is 0. The summed E-state index contributed by atoms with van der Waals surface area (Å²) in [6, 6.07) is 12.2. The zero-order valence-electron chi connectivity index (χ0n) is 26.2. The van der Waals surface area contributed by atoms with E-state index in [1.165, 1.54) is 11.4 Å². The van der Waals surface area contributed by atoms with Gasteiger partial charge in [0.2, 0.25) is 0 Å². The average molecular weight is 687 g/mol. The number of anilines is 2. The van der Waals surface area contributed by atoms with Gasteiger partial charge < -0.3 is 35.1 Å². The molecule has 49 heavy (non-hydrogen) atoms. The Balaban J connectivity index is 0.000000640. The highest BCUT2D eigenvalue weighted by Gasteiger charge is 2.17. The van der Waals surface area contributed by atoms with Crippen LogP contribution in [0.15, 0.2) is 85.5 Å².